The van der Waals surface area contributed by atoms with Crippen molar-refractivity contribution in [1.82, 2.24) is 4.57 Å². The monoisotopic (exact) mass is 391 g/mol. The third kappa shape index (κ3) is 10.7. The van der Waals surface area contributed by atoms with Crippen molar-refractivity contribution in [1.29, 1.82) is 0 Å². The normalized spacial score (nSPS) is 12.8. The lowest BCUT2D eigenvalue weighted by Gasteiger charge is -2.13. The Morgan fingerprint density at radius 3 is 1.57 bits per heavy atom. The molecule has 0 saturated heterocycles. The second-order valence-corrected chi connectivity index (χ2v) is 9.42. The summed E-state index contributed by atoms with van der Waals surface area (Å²) in [4.78, 5) is 0. The third-order valence-corrected chi connectivity index (χ3v) is 6.29. The van der Waals surface area contributed by atoms with Crippen LogP contribution in [-0.2, 0) is 7.05 Å². The van der Waals surface area contributed by atoms with E-state index in [1.807, 2.05) is 0 Å². The van der Waals surface area contributed by atoms with Crippen LogP contribution in [0.15, 0.2) is 12.4 Å². The molecule has 0 aromatic carbocycles. The summed E-state index contributed by atoms with van der Waals surface area (Å²) in [6.07, 6.45) is 27.4. The van der Waals surface area contributed by atoms with Crippen molar-refractivity contribution >= 4 is 0 Å². The molecule has 0 radical (unpaired) electrons. The van der Waals surface area contributed by atoms with Crippen molar-refractivity contribution in [3.8, 4) is 0 Å². The first-order valence-electron chi connectivity index (χ1n) is 12.6. The minimum absolute atomic E-state index is 0.587. The molecule has 28 heavy (non-hydrogen) atoms. The molecule has 0 spiro atoms. The van der Waals surface area contributed by atoms with Crippen molar-refractivity contribution in [2.75, 3.05) is 0 Å². The molecule has 0 saturated carbocycles. The first-order valence-corrected chi connectivity index (χ1v) is 12.6. The maximum Gasteiger partial charge on any atom is 0.258 e. The number of nitrogens with zero attached hydrogens (tertiary/aromatic N) is 2. The Hall–Kier alpha value is -0.790. The molecule has 0 N–H and O–H groups in total. The van der Waals surface area contributed by atoms with Gasteiger partial charge >= 0.3 is 0 Å². The number of unbranched alkanes of at least 4 members (excludes halogenated alkanes) is 14. The van der Waals surface area contributed by atoms with E-state index in [4.69, 9.17) is 0 Å². The molecular formula is C26H51N2+. The minimum atomic E-state index is 0.587. The molecular weight excluding hydrogens is 340 g/mol. The molecule has 0 aliphatic heterocycles. The summed E-state index contributed by atoms with van der Waals surface area (Å²) in [5, 5.41) is 0. The van der Waals surface area contributed by atoms with Gasteiger partial charge in [0, 0.05) is 0 Å². The molecule has 164 valence electrons. The summed E-state index contributed by atoms with van der Waals surface area (Å²) in [7, 11) is 2.17. The van der Waals surface area contributed by atoms with Crippen LogP contribution in [0, 0.1) is 0 Å². The van der Waals surface area contributed by atoms with Crippen molar-refractivity contribution in [3.63, 3.8) is 0 Å². The smallest absolute Gasteiger partial charge is 0.237 e. The molecule has 0 aliphatic carbocycles. The number of rotatable bonds is 18. The first kappa shape index (κ1) is 25.2. The van der Waals surface area contributed by atoms with Crippen LogP contribution in [0.3, 0.4) is 0 Å². The zero-order valence-corrected chi connectivity index (χ0v) is 20.0. The molecule has 1 atom stereocenters. The molecule has 0 aliphatic rings. The SMILES string of the molecule is CCCCCCCCCCCCCCCCCC(C)[n+]1ccn(C)c1C(C)C. The van der Waals surface area contributed by atoms with E-state index in [-0.39, 0.29) is 0 Å². The fourth-order valence-electron chi connectivity index (χ4n) is 4.53. The predicted molar refractivity (Wildman–Crippen MR) is 124 cm³/mol. The lowest BCUT2D eigenvalue weighted by Crippen LogP contribution is -2.41. The van der Waals surface area contributed by atoms with Crippen LogP contribution in [0.25, 0.3) is 0 Å². The van der Waals surface area contributed by atoms with Crippen LogP contribution in [0.5, 0.6) is 0 Å². The molecule has 1 heterocycles. The molecule has 0 bridgehead atoms. The van der Waals surface area contributed by atoms with Crippen LogP contribution >= 0.6 is 0 Å². The average Bonchev–Trinajstić information content (AvgIpc) is 3.06. The third-order valence-electron chi connectivity index (χ3n) is 6.29. The Morgan fingerprint density at radius 1 is 0.714 bits per heavy atom. The average molecular weight is 392 g/mol. The fourth-order valence-corrected chi connectivity index (χ4v) is 4.53. The second kappa shape index (κ2) is 16.1. The van der Waals surface area contributed by atoms with Crippen molar-refractivity contribution < 1.29 is 4.57 Å². The Labute approximate surface area is 177 Å². The van der Waals surface area contributed by atoms with Gasteiger partial charge in [0.1, 0.15) is 12.4 Å². The quantitative estimate of drug-likeness (QED) is 0.176. The highest BCUT2D eigenvalue weighted by Crippen LogP contribution is 2.17. The zero-order valence-electron chi connectivity index (χ0n) is 20.0. The molecule has 1 aromatic rings. The number of imidazole rings is 1. The molecule has 1 aromatic heterocycles. The highest BCUT2D eigenvalue weighted by molar-refractivity contribution is 4.88. The van der Waals surface area contributed by atoms with Gasteiger partial charge in [-0.05, 0) is 19.8 Å². The van der Waals surface area contributed by atoms with Gasteiger partial charge in [0.15, 0.2) is 0 Å². The predicted octanol–water partition coefficient (Wildman–Crippen LogP) is 8.26. The summed E-state index contributed by atoms with van der Waals surface area (Å²) in [6.45, 7) is 9.28. The van der Waals surface area contributed by atoms with Crippen LogP contribution in [-0.4, -0.2) is 4.57 Å². The summed E-state index contributed by atoms with van der Waals surface area (Å²) in [5.41, 5.74) is 0. The first-order chi connectivity index (χ1) is 13.6. The van der Waals surface area contributed by atoms with Crippen LogP contribution in [0.4, 0.5) is 0 Å². The van der Waals surface area contributed by atoms with Gasteiger partial charge in [0.25, 0.3) is 5.82 Å². The van der Waals surface area contributed by atoms with Crippen LogP contribution in [0.2, 0.25) is 0 Å². The molecule has 2 nitrogen and oxygen atoms in total. The molecule has 1 rings (SSSR count). The van der Waals surface area contributed by atoms with E-state index in [2.05, 4.69) is 56.3 Å². The second-order valence-electron chi connectivity index (χ2n) is 9.42. The molecule has 0 fully saturated rings. The number of aryl methyl sites for hydroxylation is 1. The van der Waals surface area contributed by atoms with Gasteiger partial charge in [-0.15, -0.1) is 0 Å². The zero-order chi connectivity index (χ0) is 20.6. The van der Waals surface area contributed by atoms with Gasteiger partial charge in [-0.1, -0.05) is 111 Å². The van der Waals surface area contributed by atoms with Gasteiger partial charge in [-0.3, -0.25) is 0 Å². The van der Waals surface area contributed by atoms with E-state index in [1.165, 1.54) is 109 Å². The van der Waals surface area contributed by atoms with E-state index < -0.39 is 0 Å². The van der Waals surface area contributed by atoms with Gasteiger partial charge in [0.05, 0.1) is 19.0 Å². The Balaban J connectivity index is 1.93. The molecule has 0 amide bonds. The minimum Gasteiger partial charge on any atom is -0.237 e. The van der Waals surface area contributed by atoms with Crippen molar-refractivity contribution in [2.24, 2.45) is 7.05 Å². The summed E-state index contributed by atoms with van der Waals surface area (Å²) in [6, 6.07) is 0.626. The highest BCUT2D eigenvalue weighted by Gasteiger charge is 2.22. The van der Waals surface area contributed by atoms with Crippen LogP contribution < -0.4 is 4.57 Å². The summed E-state index contributed by atoms with van der Waals surface area (Å²) >= 11 is 0. The lowest BCUT2D eigenvalue weighted by molar-refractivity contribution is -0.727. The maximum atomic E-state index is 2.49. The topological polar surface area (TPSA) is 8.81 Å². The van der Waals surface area contributed by atoms with E-state index in [0.29, 0.717) is 12.0 Å². The van der Waals surface area contributed by atoms with E-state index in [1.54, 1.807) is 0 Å². The fraction of sp³-hybridized carbons (Fsp3) is 0.885. The van der Waals surface area contributed by atoms with Crippen molar-refractivity contribution in [2.45, 2.75) is 142 Å². The lowest BCUT2D eigenvalue weighted by atomic mass is 10.0. The number of hydrogen-bond donors (Lipinski definition) is 0. The number of hydrogen-bond acceptors (Lipinski definition) is 0. The van der Waals surface area contributed by atoms with E-state index >= 15 is 0 Å². The van der Waals surface area contributed by atoms with Gasteiger partial charge < -0.3 is 0 Å². The molecule has 1 unspecified atom stereocenters. The van der Waals surface area contributed by atoms with Gasteiger partial charge in [0.2, 0.25) is 0 Å². The number of aromatic nitrogens is 2. The Bertz CT molecular complexity index is 475. The van der Waals surface area contributed by atoms with Gasteiger partial charge in [-0.2, -0.15) is 0 Å². The van der Waals surface area contributed by atoms with E-state index in [9.17, 15) is 0 Å². The summed E-state index contributed by atoms with van der Waals surface area (Å²) in [5.74, 6) is 2.04. The van der Waals surface area contributed by atoms with Gasteiger partial charge in [-0.25, -0.2) is 9.13 Å². The van der Waals surface area contributed by atoms with Crippen LogP contribution in [0.1, 0.15) is 148 Å². The maximum absolute atomic E-state index is 2.49. The Kier molecular flexibility index (Phi) is 14.5. The highest BCUT2D eigenvalue weighted by atomic mass is 15.2. The van der Waals surface area contributed by atoms with Crippen molar-refractivity contribution in [3.05, 3.63) is 18.2 Å². The molecule has 2 heteroatoms. The summed E-state index contributed by atoms with van der Waals surface area (Å²) < 4.78 is 4.78. The van der Waals surface area contributed by atoms with E-state index in [0.717, 1.165) is 0 Å². The Morgan fingerprint density at radius 2 is 1.14 bits per heavy atom. The standard InChI is InChI=1S/C26H51N2/c1-6-7-8-9-10-11-12-13-14-15-16-17-18-19-20-21-25(4)28-23-22-27(5)26(28)24(2)3/h22-25H,6-21H2,1-5H3/q+1. The largest absolute Gasteiger partial charge is 0.258 e.